The molecule has 9 heteroatoms. The summed E-state index contributed by atoms with van der Waals surface area (Å²) in [5.41, 5.74) is -0.0751. The minimum absolute atomic E-state index is 0.0745. The summed E-state index contributed by atoms with van der Waals surface area (Å²) in [5, 5.41) is 2.38. The van der Waals surface area contributed by atoms with Gasteiger partial charge in [-0.1, -0.05) is 12.1 Å². The number of amides is 1. The predicted molar refractivity (Wildman–Crippen MR) is 132 cm³/mol. The summed E-state index contributed by atoms with van der Waals surface area (Å²) in [7, 11) is 3.65. The van der Waals surface area contributed by atoms with Crippen molar-refractivity contribution in [3.63, 3.8) is 0 Å². The number of methoxy groups -OCH3 is 1. The van der Waals surface area contributed by atoms with E-state index < -0.39 is 5.63 Å². The quantitative estimate of drug-likeness (QED) is 0.233. The number of fused-ring (bicyclic) bond motifs is 3. The van der Waals surface area contributed by atoms with E-state index in [2.05, 4.69) is 4.90 Å². The van der Waals surface area contributed by atoms with Gasteiger partial charge in [0.25, 0.3) is 5.91 Å². The lowest BCUT2D eigenvalue weighted by atomic mass is 10.1. The van der Waals surface area contributed by atoms with Crippen LogP contribution in [-0.4, -0.2) is 95.7 Å². The van der Waals surface area contributed by atoms with Crippen molar-refractivity contribution in [2.75, 3.05) is 80.0 Å². The number of rotatable bonds is 11. The molecule has 2 aromatic carbocycles. The molecule has 0 atom stereocenters. The summed E-state index contributed by atoms with van der Waals surface area (Å²) in [6.07, 6.45) is 0. The molecule has 0 unspecified atom stereocenters. The second-order valence-corrected chi connectivity index (χ2v) is 8.48. The van der Waals surface area contributed by atoms with Crippen LogP contribution in [0.15, 0.2) is 45.6 Å². The molecular weight excluding hydrogens is 452 g/mol. The Morgan fingerprint density at radius 3 is 2.31 bits per heavy atom. The number of piperazine rings is 1. The maximum Gasteiger partial charge on any atom is 0.349 e. The van der Waals surface area contributed by atoms with Crippen LogP contribution in [0.4, 0.5) is 0 Å². The first-order valence-electron chi connectivity index (χ1n) is 11.8. The first-order valence-corrected chi connectivity index (χ1v) is 11.8. The van der Waals surface area contributed by atoms with Gasteiger partial charge in [-0.15, -0.1) is 0 Å². The van der Waals surface area contributed by atoms with E-state index >= 15 is 0 Å². The third-order valence-electron chi connectivity index (χ3n) is 6.01. The predicted octanol–water partition coefficient (Wildman–Crippen LogP) is 2.39. The Labute approximate surface area is 204 Å². The van der Waals surface area contributed by atoms with Crippen molar-refractivity contribution in [3.8, 4) is 5.75 Å². The fourth-order valence-corrected chi connectivity index (χ4v) is 3.99. The van der Waals surface area contributed by atoms with Crippen LogP contribution in [0.3, 0.4) is 0 Å². The zero-order chi connectivity index (χ0) is 24.6. The van der Waals surface area contributed by atoms with Crippen LogP contribution in [0.5, 0.6) is 5.75 Å². The van der Waals surface area contributed by atoms with E-state index in [9.17, 15) is 9.59 Å². The average molecular weight is 485 g/mol. The largest absolute Gasteiger partial charge is 0.491 e. The van der Waals surface area contributed by atoms with Gasteiger partial charge in [-0.2, -0.15) is 0 Å². The van der Waals surface area contributed by atoms with Gasteiger partial charge in [0.15, 0.2) is 0 Å². The maximum absolute atomic E-state index is 12.9. The van der Waals surface area contributed by atoms with Crippen molar-refractivity contribution in [2.45, 2.75) is 0 Å². The number of benzene rings is 2. The molecule has 1 fully saturated rings. The molecule has 35 heavy (non-hydrogen) atoms. The summed E-state index contributed by atoms with van der Waals surface area (Å²) in [5.74, 6) is 0.419. The van der Waals surface area contributed by atoms with Crippen molar-refractivity contribution >= 4 is 27.6 Å². The summed E-state index contributed by atoms with van der Waals surface area (Å²) >= 11 is 0. The van der Waals surface area contributed by atoms with Crippen LogP contribution in [0.2, 0.25) is 0 Å². The van der Waals surface area contributed by atoms with Crippen molar-refractivity contribution in [1.82, 2.24) is 9.80 Å². The SMILES string of the molecule is COCCOCCOCCOc1ccc2c(ccc3cc(C(=O)N4CCN(C)CC4)c(=O)oc32)c1. The lowest BCUT2D eigenvalue weighted by Crippen LogP contribution is -2.48. The van der Waals surface area contributed by atoms with E-state index in [1.165, 1.54) is 0 Å². The number of hydrogen-bond acceptors (Lipinski definition) is 8. The highest BCUT2D eigenvalue weighted by Gasteiger charge is 2.24. The van der Waals surface area contributed by atoms with Gasteiger partial charge in [-0.3, -0.25) is 4.79 Å². The van der Waals surface area contributed by atoms with Gasteiger partial charge < -0.3 is 33.2 Å². The number of ether oxygens (including phenoxy) is 4. The average Bonchev–Trinajstić information content (AvgIpc) is 2.87. The molecule has 2 heterocycles. The third kappa shape index (κ3) is 6.37. The molecule has 3 aromatic rings. The molecule has 1 amide bonds. The molecule has 4 rings (SSSR count). The minimum Gasteiger partial charge on any atom is -0.491 e. The van der Waals surface area contributed by atoms with E-state index in [4.69, 9.17) is 23.4 Å². The van der Waals surface area contributed by atoms with Gasteiger partial charge in [-0.05, 0) is 36.7 Å². The minimum atomic E-state index is -0.613. The molecular formula is C26H32N2O7. The lowest BCUT2D eigenvalue weighted by molar-refractivity contribution is 0.0180. The highest BCUT2D eigenvalue weighted by atomic mass is 16.6. The fourth-order valence-electron chi connectivity index (χ4n) is 3.99. The van der Waals surface area contributed by atoms with E-state index in [0.29, 0.717) is 69.4 Å². The van der Waals surface area contributed by atoms with Crippen molar-refractivity contribution in [2.24, 2.45) is 0 Å². The van der Waals surface area contributed by atoms with Crippen LogP contribution in [-0.2, 0) is 14.2 Å². The first-order chi connectivity index (χ1) is 17.1. The summed E-state index contributed by atoms with van der Waals surface area (Å²) in [6, 6.07) is 11.0. The van der Waals surface area contributed by atoms with Gasteiger partial charge in [-0.25, -0.2) is 4.79 Å². The number of likely N-dealkylation sites (N-methyl/N-ethyl adjacent to an activating group) is 1. The smallest absolute Gasteiger partial charge is 0.349 e. The van der Waals surface area contributed by atoms with E-state index in [0.717, 1.165) is 23.9 Å². The first kappa shape index (κ1) is 25.1. The highest BCUT2D eigenvalue weighted by molar-refractivity contribution is 6.06. The Bertz CT molecular complexity index is 1200. The molecule has 1 saturated heterocycles. The van der Waals surface area contributed by atoms with Crippen molar-refractivity contribution in [1.29, 1.82) is 0 Å². The van der Waals surface area contributed by atoms with Crippen LogP contribution in [0.25, 0.3) is 21.7 Å². The third-order valence-corrected chi connectivity index (χ3v) is 6.01. The molecule has 0 bridgehead atoms. The van der Waals surface area contributed by atoms with Gasteiger partial charge in [0.1, 0.15) is 23.5 Å². The number of carbonyl (C=O) groups excluding carboxylic acids is 1. The highest BCUT2D eigenvalue weighted by Crippen LogP contribution is 2.28. The molecule has 0 saturated carbocycles. The van der Waals surface area contributed by atoms with Gasteiger partial charge >= 0.3 is 5.63 Å². The Hall–Kier alpha value is -2.98. The number of nitrogens with zero attached hydrogens (tertiary/aromatic N) is 2. The number of hydrogen-bond donors (Lipinski definition) is 0. The van der Waals surface area contributed by atoms with Gasteiger partial charge in [0.05, 0.1) is 33.0 Å². The normalized spacial score (nSPS) is 14.6. The molecule has 0 radical (unpaired) electrons. The van der Waals surface area contributed by atoms with Crippen molar-refractivity contribution < 1.29 is 28.2 Å². The van der Waals surface area contributed by atoms with Crippen molar-refractivity contribution in [3.05, 3.63) is 52.4 Å². The molecule has 0 spiro atoms. The molecule has 1 aliphatic heterocycles. The van der Waals surface area contributed by atoms with Crippen LogP contribution < -0.4 is 10.4 Å². The molecule has 1 aliphatic rings. The van der Waals surface area contributed by atoms with Gasteiger partial charge in [0.2, 0.25) is 0 Å². The fraction of sp³-hybridized carbons (Fsp3) is 0.462. The maximum atomic E-state index is 12.9. The zero-order valence-corrected chi connectivity index (χ0v) is 20.3. The monoisotopic (exact) mass is 484 g/mol. The topological polar surface area (TPSA) is 90.7 Å². The Balaban J connectivity index is 1.39. The second-order valence-electron chi connectivity index (χ2n) is 8.48. The second kappa shape index (κ2) is 12.1. The Morgan fingerprint density at radius 1 is 0.886 bits per heavy atom. The van der Waals surface area contributed by atoms with Crippen LogP contribution >= 0.6 is 0 Å². The number of carbonyl (C=O) groups is 1. The molecule has 188 valence electrons. The molecule has 9 nitrogen and oxygen atoms in total. The van der Waals surface area contributed by atoms with E-state index in [1.54, 1.807) is 18.1 Å². The molecule has 0 N–H and O–H groups in total. The molecule has 1 aromatic heterocycles. The summed E-state index contributed by atoms with van der Waals surface area (Å²) in [6.45, 7) is 5.75. The van der Waals surface area contributed by atoms with E-state index in [1.807, 2.05) is 37.4 Å². The van der Waals surface area contributed by atoms with Gasteiger partial charge in [0, 0.05) is 44.1 Å². The Kier molecular flexibility index (Phi) is 8.70. The summed E-state index contributed by atoms with van der Waals surface area (Å²) in [4.78, 5) is 29.5. The lowest BCUT2D eigenvalue weighted by Gasteiger charge is -2.32. The standard InChI is InChI=1S/C26H32N2O7/c1-27-7-9-28(10-8-27)25(29)23-18-20-4-3-19-17-21(5-6-22(19)24(20)35-26(23)30)34-16-15-33-14-13-32-12-11-31-2/h3-6,17-18H,7-16H2,1-2H3. The van der Waals surface area contributed by atoms with Crippen LogP contribution in [0.1, 0.15) is 10.4 Å². The Morgan fingerprint density at radius 2 is 1.57 bits per heavy atom. The van der Waals surface area contributed by atoms with E-state index in [-0.39, 0.29) is 11.5 Å². The van der Waals surface area contributed by atoms with Crippen LogP contribution in [0, 0.1) is 0 Å². The molecule has 0 aliphatic carbocycles. The summed E-state index contributed by atoms with van der Waals surface area (Å²) < 4.78 is 27.2. The zero-order valence-electron chi connectivity index (χ0n) is 20.3.